The highest BCUT2D eigenvalue weighted by Gasteiger charge is 2.26. The number of aliphatic hydroxyl groups excluding tert-OH is 1. The summed E-state index contributed by atoms with van der Waals surface area (Å²) in [6.45, 7) is 2.20. The fourth-order valence-corrected chi connectivity index (χ4v) is 4.75. The van der Waals surface area contributed by atoms with Gasteiger partial charge in [-0.05, 0) is 61.9 Å². The van der Waals surface area contributed by atoms with Crippen LogP contribution in [0.15, 0.2) is 12.2 Å². The van der Waals surface area contributed by atoms with E-state index in [1.165, 1.54) is 24.3 Å². The normalized spacial score (nSPS) is 22.7. The summed E-state index contributed by atoms with van der Waals surface area (Å²) in [5.74, 6) is 3.24. The van der Waals surface area contributed by atoms with Crippen molar-refractivity contribution >= 4 is 17.7 Å². The zero-order valence-electron chi connectivity index (χ0n) is 14.6. The van der Waals surface area contributed by atoms with Crippen molar-refractivity contribution in [3.63, 3.8) is 0 Å². The maximum atomic E-state index is 10.4. The Morgan fingerprint density at radius 1 is 1.17 bits per heavy atom. The summed E-state index contributed by atoms with van der Waals surface area (Å²) < 4.78 is 0. The van der Waals surface area contributed by atoms with Crippen LogP contribution in [0.5, 0.6) is 0 Å². The molecule has 0 amide bonds. The van der Waals surface area contributed by atoms with Crippen LogP contribution in [0.4, 0.5) is 0 Å². The summed E-state index contributed by atoms with van der Waals surface area (Å²) in [5, 5.41) is 18.7. The van der Waals surface area contributed by atoms with E-state index in [0.717, 1.165) is 56.8 Å². The molecule has 4 heteroatoms. The zero-order chi connectivity index (χ0) is 16.9. The molecule has 1 unspecified atom stereocenters. The van der Waals surface area contributed by atoms with E-state index in [1.807, 2.05) is 11.8 Å². The molecule has 0 saturated carbocycles. The van der Waals surface area contributed by atoms with Gasteiger partial charge in [-0.25, -0.2) is 0 Å². The third-order valence-corrected chi connectivity index (χ3v) is 6.04. The number of hydrogen-bond acceptors (Lipinski definition) is 3. The molecule has 23 heavy (non-hydrogen) atoms. The van der Waals surface area contributed by atoms with Crippen molar-refractivity contribution in [2.75, 3.05) is 11.5 Å². The molecular weight excluding hydrogens is 308 g/mol. The minimum atomic E-state index is -0.705. The van der Waals surface area contributed by atoms with Gasteiger partial charge in [0.05, 0.1) is 6.10 Å². The van der Waals surface area contributed by atoms with Crippen LogP contribution in [0.3, 0.4) is 0 Å². The predicted molar refractivity (Wildman–Crippen MR) is 98.9 cm³/mol. The summed E-state index contributed by atoms with van der Waals surface area (Å²) >= 11 is 2.04. The Bertz CT molecular complexity index is 344. The number of aliphatic hydroxyl groups is 1. The highest BCUT2D eigenvalue weighted by atomic mass is 32.2. The van der Waals surface area contributed by atoms with E-state index in [9.17, 15) is 9.90 Å². The minimum Gasteiger partial charge on any atom is -0.481 e. The summed E-state index contributed by atoms with van der Waals surface area (Å²) in [4.78, 5) is 10.4. The number of unbranched alkanes of at least 4 members (excludes halogenated alkanes) is 3. The number of carboxylic acids is 1. The van der Waals surface area contributed by atoms with E-state index in [-0.39, 0.29) is 12.5 Å². The van der Waals surface area contributed by atoms with Crippen molar-refractivity contribution in [1.82, 2.24) is 0 Å². The number of hydrogen-bond donors (Lipinski definition) is 2. The number of carboxylic acid groups (broad SMARTS) is 1. The summed E-state index contributed by atoms with van der Waals surface area (Å²) in [6, 6.07) is 0. The molecule has 1 fully saturated rings. The van der Waals surface area contributed by atoms with Gasteiger partial charge in [0.25, 0.3) is 0 Å². The molecule has 0 aromatic heterocycles. The molecule has 3 nitrogen and oxygen atoms in total. The molecule has 1 aliphatic heterocycles. The van der Waals surface area contributed by atoms with Crippen LogP contribution in [-0.2, 0) is 4.79 Å². The van der Waals surface area contributed by atoms with E-state index < -0.39 is 5.97 Å². The van der Waals surface area contributed by atoms with Crippen LogP contribution in [0.25, 0.3) is 0 Å². The maximum absolute atomic E-state index is 10.4. The van der Waals surface area contributed by atoms with E-state index >= 15 is 0 Å². The SMILES string of the molecule is CCCCCC(O)CC[C@@H]1CSC[C@@H]1CC=CCCCC(=O)O. The van der Waals surface area contributed by atoms with E-state index in [2.05, 4.69) is 19.1 Å². The van der Waals surface area contributed by atoms with Gasteiger partial charge in [0, 0.05) is 6.42 Å². The molecule has 134 valence electrons. The molecule has 1 rings (SSSR count). The molecule has 1 heterocycles. The second-order valence-electron chi connectivity index (χ2n) is 6.78. The van der Waals surface area contributed by atoms with E-state index in [0.29, 0.717) is 0 Å². The molecule has 3 atom stereocenters. The standard InChI is InChI=1S/C19H34O3S/c1-2-3-6-10-18(20)13-12-17-15-23-14-16(17)9-7-4-5-8-11-19(21)22/h4,7,16-18,20H,2-3,5-6,8-15H2,1H3,(H,21,22)/t16-,17+,18?/m0/s1. The van der Waals surface area contributed by atoms with Crippen LogP contribution in [-0.4, -0.2) is 33.8 Å². The number of aliphatic carboxylic acids is 1. The monoisotopic (exact) mass is 342 g/mol. The Hall–Kier alpha value is -0.480. The van der Waals surface area contributed by atoms with Crippen LogP contribution in [0.1, 0.15) is 71.1 Å². The average molecular weight is 343 g/mol. The van der Waals surface area contributed by atoms with Gasteiger partial charge in [-0.3, -0.25) is 4.79 Å². The Morgan fingerprint density at radius 2 is 1.96 bits per heavy atom. The molecule has 2 N–H and O–H groups in total. The van der Waals surface area contributed by atoms with Crippen molar-refractivity contribution in [2.24, 2.45) is 11.8 Å². The minimum absolute atomic E-state index is 0.112. The van der Waals surface area contributed by atoms with Crippen molar-refractivity contribution in [2.45, 2.75) is 77.2 Å². The van der Waals surface area contributed by atoms with Gasteiger partial charge in [-0.1, -0.05) is 38.3 Å². The van der Waals surface area contributed by atoms with Gasteiger partial charge in [0.1, 0.15) is 0 Å². The lowest BCUT2D eigenvalue weighted by Crippen LogP contribution is -2.15. The van der Waals surface area contributed by atoms with Crippen LogP contribution in [0.2, 0.25) is 0 Å². The fraction of sp³-hybridized carbons (Fsp3) is 0.842. The van der Waals surface area contributed by atoms with Gasteiger partial charge in [0.15, 0.2) is 0 Å². The zero-order valence-corrected chi connectivity index (χ0v) is 15.4. The second-order valence-corrected chi connectivity index (χ2v) is 7.85. The summed E-state index contributed by atoms with van der Waals surface area (Å²) in [5.41, 5.74) is 0. The van der Waals surface area contributed by atoms with Gasteiger partial charge in [-0.15, -0.1) is 0 Å². The first-order valence-electron chi connectivity index (χ1n) is 9.26. The van der Waals surface area contributed by atoms with Crippen molar-refractivity contribution in [1.29, 1.82) is 0 Å². The van der Waals surface area contributed by atoms with Crippen LogP contribution < -0.4 is 0 Å². The molecule has 1 saturated heterocycles. The van der Waals surface area contributed by atoms with Crippen molar-refractivity contribution in [3.05, 3.63) is 12.2 Å². The van der Waals surface area contributed by atoms with Crippen LogP contribution >= 0.6 is 11.8 Å². The Morgan fingerprint density at radius 3 is 2.70 bits per heavy atom. The molecular formula is C19H34O3S. The number of rotatable bonds is 13. The molecule has 0 aliphatic carbocycles. The third kappa shape index (κ3) is 10.1. The molecule has 0 aromatic rings. The highest BCUT2D eigenvalue weighted by molar-refractivity contribution is 7.99. The molecule has 1 aliphatic rings. The Kier molecular flexibility index (Phi) is 11.5. The lowest BCUT2D eigenvalue weighted by Gasteiger charge is -2.19. The van der Waals surface area contributed by atoms with Gasteiger partial charge in [-0.2, -0.15) is 11.8 Å². The molecule has 0 bridgehead atoms. The Labute approximate surface area is 145 Å². The van der Waals surface area contributed by atoms with Crippen LogP contribution in [0, 0.1) is 11.8 Å². The van der Waals surface area contributed by atoms with Crippen molar-refractivity contribution in [3.8, 4) is 0 Å². The quantitative estimate of drug-likeness (QED) is 0.370. The first kappa shape index (κ1) is 20.6. The van der Waals surface area contributed by atoms with Gasteiger partial charge < -0.3 is 10.2 Å². The van der Waals surface area contributed by atoms with E-state index in [4.69, 9.17) is 5.11 Å². The topological polar surface area (TPSA) is 57.5 Å². The molecule has 0 spiro atoms. The molecule has 0 aromatic carbocycles. The first-order chi connectivity index (χ1) is 11.1. The average Bonchev–Trinajstić information content (AvgIpc) is 2.96. The lowest BCUT2D eigenvalue weighted by molar-refractivity contribution is -0.137. The predicted octanol–water partition coefficient (Wildman–Crippen LogP) is 4.89. The summed E-state index contributed by atoms with van der Waals surface area (Å²) in [6.07, 6.45) is 13.9. The van der Waals surface area contributed by atoms with E-state index in [1.54, 1.807) is 0 Å². The summed E-state index contributed by atoms with van der Waals surface area (Å²) in [7, 11) is 0. The maximum Gasteiger partial charge on any atom is 0.303 e. The molecule has 0 radical (unpaired) electrons. The van der Waals surface area contributed by atoms with Gasteiger partial charge >= 0.3 is 5.97 Å². The highest BCUT2D eigenvalue weighted by Crippen LogP contribution is 2.36. The third-order valence-electron chi connectivity index (χ3n) is 4.71. The van der Waals surface area contributed by atoms with Gasteiger partial charge in [0.2, 0.25) is 0 Å². The second kappa shape index (κ2) is 12.9. The smallest absolute Gasteiger partial charge is 0.303 e. The fourth-order valence-electron chi connectivity index (χ4n) is 3.16. The number of allylic oxidation sites excluding steroid dienone is 2. The lowest BCUT2D eigenvalue weighted by atomic mass is 9.87. The Balaban J connectivity index is 2.15. The van der Waals surface area contributed by atoms with Crippen molar-refractivity contribution < 1.29 is 15.0 Å². The number of thioether (sulfide) groups is 1. The first-order valence-corrected chi connectivity index (χ1v) is 10.4. The largest absolute Gasteiger partial charge is 0.481 e. The number of carbonyl (C=O) groups is 1.